The van der Waals surface area contributed by atoms with Gasteiger partial charge in [0.15, 0.2) is 0 Å². The fourth-order valence-corrected chi connectivity index (χ4v) is 4.56. The third kappa shape index (κ3) is 4.10. The van der Waals surface area contributed by atoms with E-state index >= 15 is 0 Å². The molecule has 0 aromatic carbocycles. The van der Waals surface area contributed by atoms with Crippen molar-refractivity contribution in [2.75, 3.05) is 52.5 Å². The molecule has 27 heavy (non-hydrogen) atoms. The molecule has 4 aliphatic heterocycles. The van der Waals surface area contributed by atoms with Crippen molar-refractivity contribution >= 4 is 5.91 Å². The highest BCUT2D eigenvalue weighted by molar-refractivity contribution is 5.95. The van der Waals surface area contributed by atoms with Crippen LogP contribution in [0.1, 0.15) is 28.8 Å². The number of amides is 1. The van der Waals surface area contributed by atoms with Crippen molar-refractivity contribution in [1.29, 1.82) is 0 Å². The number of pyridine rings is 1. The van der Waals surface area contributed by atoms with Gasteiger partial charge in [0, 0.05) is 45.0 Å². The summed E-state index contributed by atoms with van der Waals surface area (Å²) >= 11 is 0. The van der Waals surface area contributed by atoms with E-state index in [9.17, 15) is 9.59 Å². The van der Waals surface area contributed by atoms with Gasteiger partial charge in [-0.05, 0) is 50.4 Å². The average molecular weight is 374 g/mol. The molecule has 7 nitrogen and oxygen atoms in total. The molecule has 2 bridgehead atoms. The molecule has 5 heterocycles. The van der Waals surface area contributed by atoms with Gasteiger partial charge in [-0.2, -0.15) is 0 Å². The molecule has 148 valence electrons. The lowest BCUT2D eigenvalue weighted by atomic mass is 9.84. The van der Waals surface area contributed by atoms with Crippen LogP contribution in [0.25, 0.3) is 0 Å². The number of fused-ring (bicyclic) bond motifs is 3. The second kappa shape index (κ2) is 8.12. The Morgan fingerprint density at radius 1 is 1.19 bits per heavy atom. The Morgan fingerprint density at radius 3 is 2.59 bits per heavy atom. The maximum Gasteiger partial charge on any atom is 0.263 e. The number of hydrogen-bond donors (Lipinski definition) is 1. The van der Waals surface area contributed by atoms with Crippen molar-refractivity contribution in [2.45, 2.75) is 32.4 Å². The number of piperidine rings is 3. The summed E-state index contributed by atoms with van der Waals surface area (Å²) < 4.78 is 7.04. The lowest BCUT2D eigenvalue weighted by Crippen LogP contribution is -2.57. The van der Waals surface area contributed by atoms with Crippen LogP contribution in [-0.2, 0) is 11.3 Å². The monoisotopic (exact) mass is 374 g/mol. The largest absolute Gasteiger partial charge is 0.379 e. The first-order valence-electron chi connectivity index (χ1n) is 10.1. The molecule has 0 aliphatic carbocycles. The molecule has 7 heteroatoms. The van der Waals surface area contributed by atoms with E-state index in [2.05, 4.69) is 15.1 Å². The smallest absolute Gasteiger partial charge is 0.263 e. The van der Waals surface area contributed by atoms with Crippen LogP contribution in [0.15, 0.2) is 17.1 Å². The van der Waals surface area contributed by atoms with Gasteiger partial charge in [-0.1, -0.05) is 0 Å². The summed E-state index contributed by atoms with van der Waals surface area (Å²) in [6, 6.07) is 2.05. The molecule has 1 atom stereocenters. The van der Waals surface area contributed by atoms with Crippen LogP contribution in [0, 0.1) is 12.8 Å². The number of rotatable bonds is 5. The average Bonchev–Trinajstić information content (AvgIpc) is 2.69. The molecule has 5 rings (SSSR count). The molecule has 1 N–H and O–H groups in total. The van der Waals surface area contributed by atoms with Crippen LogP contribution in [0.3, 0.4) is 0 Å². The minimum atomic E-state index is -0.211. The fourth-order valence-electron chi connectivity index (χ4n) is 4.56. The second-order valence-corrected chi connectivity index (χ2v) is 8.04. The predicted molar refractivity (Wildman–Crippen MR) is 103 cm³/mol. The number of nitrogens with zero attached hydrogens (tertiary/aromatic N) is 3. The SMILES string of the molecule is Cc1ccn(CCN2CCOCC2)c(=O)c1C(=O)NC1CN2CCC1CC2. The summed E-state index contributed by atoms with van der Waals surface area (Å²) in [7, 11) is 0. The van der Waals surface area contributed by atoms with Crippen LogP contribution in [0.4, 0.5) is 0 Å². The first-order chi connectivity index (χ1) is 13.1. The van der Waals surface area contributed by atoms with Crippen LogP contribution in [0.2, 0.25) is 0 Å². The molecule has 0 spiro atoms. The van der Waals surface area contributed by atoms with E-state index in [-0.39, 0.29) is 17.5 Å². The van der Waals surface area contributed by atoms with Crippen LogP contribution in [0.5, 0.6) is 0 Å². The molecule has 0 saturated carbocycles. The Bertz CT molecular complexity index is 733. The molecular formula is C20H30N4O3. The molecule has 1 unspecified atom stereocenters. The van der Waals surface area contributed by atoms with Crippen molar-refractivity contribution < 1.29 is 9.53 Å². The molecule has 1 aromatic rings. The van der Waals surface area contributed by atoms with Gasteiger partial charge >= 0.3 is 0 Å². The van der Waals surface area contributed by atoms with E-state index in [1.165, 1.54) is 0 Å². The van der Waals surface area contributed by atoms with Crippen molar-refractivity contribution in [3.63, 3.8) is 0 Å². The number of ether oxygens (including phenoxy) is 1. The normalized spacial score (nSPS) is 28.3. The first kappa shape index (κ1) is 18.7. The topological polar surface area (TPSA) is 66.8 Å². The van der Waals surface area contributed by atoms with Crippen LogP contribution < -0.4 is 10.9 Å². The van der Waals surface area contributed by atoms with Gasteiger partial charge in [-0.25, -0.2) is 0 Å². The van der Waals surface area contributed by atoms with E-state index in [1.54, 1.807) is 4.57 Å². The van der Waals surface area contributed by atoms with E-state index < -0.39 is 0 Å². The van der Waals surface area contributed by atoms with E-state index in [0.717, 1.165) is 70.9 Å². The Hall–Kier alpha value is -1.70. The maximum atomic E-state index is 13.0. The molecule has 1 amide bonds. The van der Waals surface area contributed by atoms with E-state index in [1.807, 2.05) is 19.2 Å². The number of carbonyl (C=O) groups is 1. The molecule has 1 aromatic heterocycles. The molecule has 4 fully saturated rings. The van der Waals surface area contributed by atoms with Gasteiger partial charge in [0.1, 0.15) is 5.56 Å². The summed E-state index contributed by atoms with van der Waals surface area (Å²) in [6.45, 7) is 9.71. The summed E-state index contributed by atoms with van der Waals surface area (Å²) in [5, 5.41) is 3.16. The molecule has 4 saturated heterocycles. The standard InChI is InChI=1S/C20H30N4O3/c1-15-2-7-24(9-8-22-10-12-27-13-11-22)20(26)18(15)19(25)21-17-14-23-5-3-16(17)4-6-23/h2,7,16-17H,3-6,8-14H2,1H3,(H,21,25). The highest BCUT2D eigenvalue weighted by Gasteiger charge is 2.35. The number of aromatic nitrogens is 1. The summed E-state index contributed by atoms with van der Waals surface area (Å²) in [6.07, 6.45) is 4.09. The summed E-state index contributed by atoms with van der Waals surface area (Å²) in [4.78, 5) is 30.6. The predicted octanol–water partition coefficient (Wildman–Crippen LogP) is 0.313. The van der Waals surface area contributed by atoms with Gasteiger partial charge in [0.25, 0.3) is 11.5 Å². The van der Waals surface area contributed by atoms with Gasteiger partial charge in [0.05, 0.1) is 13.2 Å². The Morgan fingerprint density at radius 2 is 1.93 bits per heavy atom. The van der Waals surface area contributed by atoms with Gasteiger partial charge < -0.3 is 19.5 Å². The maximum absolute atomic E-state index is 13.0. The van der Waals surface area contributed by atoms with E-state index in [4.69, 9.17) is 4.74 Å². The van der Waals surface area contributed by atoms with E-state index in [0.29, 0.717) is 18.0 Å². The summed E-state index contributed by atoms with van der Waals surface area (Å²) in [5.41, 5.74) is 0.874. The Kier molecular flexibility index (Phi) is 5.61. The molecule has 0 radical (unpaired) electrons. The van der Waals surface area contributed by atoms with Gasteiger partial charge in [-0.3, -0.25) is 14.5 Å². The zero-order valence-electron chi connectivity index (χ0n) is 16.2. The van der Waals surface area contributed by atoms with Crippen molar-refractivity contribution in [3.05, 3.63) is 33.7 Å². The van der Waals surface area contributed by atoms with Crippen molar-refractivity contribution in [2.24, 2.45) is 5.92 Å². The van der Waals surface area contributed by atoms with Crippen molar-refractivity contribution in [1.82, 2.24) is 19.7 Å². The molecular weight excluding hydrogens is 344 g/mol. The second-order valence-electron chi connectivity index (χ2n) is 8.04. The summed E-state index contributed by atoms with van der Waals surface area (Å²) in [5.74, 6) is 0.337. The highest BCUT2D eigenvalue weighted by atomic mass is 16.5. The lowest BCUT2D eigenvalue weighted by molar-refractivity contribution is 0.0362. The number of nitrogens with one attached hydrogen (secondary N) is 1. The van der Waals surface area contributed by atoms with Gasteiger partial charge in [-0.15, -0.1) is 0 Å². The van der Waals surface area contributed by atoms with Crippen LogP contribution >= 0.6 is 0 Å². The Balaban J connectivity index is 1.45. The highest BCUT2D eigenvalue weighted by Crippen LogP contribution is 2.27. The minimum Gasteiger partial charge on any atom is -0.379 e. The Labute approximate surface area is 160 Å². The van der Waals surface area contributed by atoms with Crippen LogP contribution in [-0.4, -0.2) is 78.8 Å². The number of hydrogen-bond acceptors (Lipinski definition) is 5. The zero-order valence-corrected chi connectivity index (χ0v) is 16.2. The third-order valence-electron chi connectivity index (χ3n) is 6.33. The van der Waals surface area contributed by atoms with Gasteiger partial charge in [0.2, 0.25) is 0 Å². The van der Waals surface area contributed by atoms with Crippen molar-refractivity contribution in [3.8, 4) is 0 Å². The third-order valence-corrected chi connectivity index (χ3v) is 6.33. The zero-order chi connectivity index (χ0) is 18.8. The fraction of sp³-hybridized carbons (Fsp3) is 0.700. The number of morpholine rings is 1. The minimum absolute atomic E-state index is 0.167. The number of aryl methyl sites for hydroxylation is 1. The quantitative estimate of drug-likeness (QED) is 0.804. The molecule has 4 aliphatic rings. The first-order valence-corrected chi connectivity index (χ1v) is 10.1. The number of carbonyl (C=O) groups excluding carboxylic acids is 1. The lowest BCUT2D eigenvalue weighted by Gasteiger charge is -2.44.